The maximum absolute atomic E-state index is 9.43. The predicted molar refractivity (Wildman–Crippen MR) is 79.0 cm³/mol. The van der Waals surface area contributed by atoms with Crippen LogP contribution in [0.2, 0.25) is 0 Å². The zero-order chi connectivity index (χ0) is 13.1. The predicted octanol–water partition coefficient (Wildman–Crippen LogP) is 5.06. The second-order valence-corrected chi connectivity index (χ2v) is 5.69. The summed E-state index contributed by atoms with van der Waals surface area (Å²) in [5.74, 6) is 1.49. The van der Waals surface area contributed by atoms with Crippen molar-refractivity contribution in [3.8, 4) is 11.5 Å². The third-order valence-electron chi connectivity index (χ3n) is 2.48. The minimum atomic E-state index is -0.460. The van der Waals surface area contributed by atoms with Gasteiger partial charge in [0, 0.05) is 4.47 Å². The molecule has 1 atom stereocenters. The van der Waals surface area contributed by atoms with E-state index in [1.807, 2.05) is 42.5 Å². The maximum atomic E-state index is 9.43. The quantitative estimate of drug-likeness (QED) is 0.817. The first kappa shape index (κ1) is 13.6. The minimum Gasteiger partial charge on any atom is -0.456 e. The number of halogens is 2. The number of ether oxygens (including phenoxy) is 1. The van der Waals surface area contributed by atoms with E-state index in [0.717, 1.165) is 26.0 Å². The molecule has 0 fully saturated rings. The van der Waals surface area contributed by atoms with E-state index in [9.17, 15) is 5.11 Å². The van der Waals surface area contributed by atoms with E-state index < -0.39 is 6.10 Å². The highest BCUT2D eigenvalue weighted by Crippen LogP contribution is 2.32. The lowest BCUT2D eigenvalue weighted by atomic mass is 10.1. The average Bonchev–Trinajstić information content (AvgIpc) is 2.33. The van der Waals surface area contributed by atoms with Gasteiger partial charge in [0.2, 0.25) is 0 Å². The zero-order valence-corrected chi connectivity index (χ0v) is 12.9. The van der Waals surface area contributed by atoms with Crippen molar-refractivity contribution in [2.75, 3.05) is 0 Å². The molecule has 0 aliphatic carbocycles. The van der Waals surface area contributed by atoms with Crippen molar-refractivity contribution in [3.63, 3.8) is 0 Å². The van der Waals surface area contributed by atoms with E-state index in [1.165, 1.54) is 0 Å². The summed E-state index contributed by atoms with van der Waals surface area (Å²) in [4.78, 5) is 0. The van der Waals surface area contributed by atoms with Crippen molar-refractivity contribution in [3.05, 3.63) is 57.0 Å². The van der Waals surface area contributed by atoms with Crippen LogP contribution in [0.1, 0.15) is 18.6 Å². The molecule has 0 aromatic heterocycles. The molecular weight excluding hydrogens is 360 g/mol. The SMILES string of the molecule is C[C@@H](O)c1ccc(Oc2ccc(Br)cc2Br)cc1. The van der Waals surface area contributed by atoms with E-state index in [4.69, 9.17) is 4.74 Å². The molecule has 0 spiro atoms. The fraction of sp³-hybridized carbons (Fsp3) is 0.143. The molecule has 2 aromatic rings. The molecule has 2 nitrogen and oxygen atoms in total. The third kappa shape index (κ3) is 3.34. The van der Waals surface area contributed by atoms with Gasteiger partial charge >= 0.3 is 0 Å². The monoisotopic (exact) mass is 370 g/mol. The van der Waals surface area contributed by atoms with Crippen molar-refractivity contribution < 1.29 is 9.84 Å². The first-order valence-corrected chi connectivity index (χ1v) is 7.06. The van der Waals surface area contributed by atoms with Gasteiger partial charge in [-0.25, -0.2) is 0 Å². The molecule has 2 rings (SSSR count). The smallest absolute Gasteiger partial charge is 0.141 e. The Morgan fingerprint density at radius 3 is 2.28 bits per heavy atom. The van der Waals surface area contributed by atoms with Gasteiger partial charge in [-0.3, -0.25) is 0 Å². The molecule has 0 saturated carbocycles. The van der Waals surface area contributed by atoms with Crippen LogP contribution in [0.5, 0.6) is 11.5 Å². The van der Waals surface area contributed by atoms with Gasteiger partial charge < -0.3 is 9.84 Å². The summed E-state index contributed by atoms with van der Waals surface area (Å²) in [5.41, 5.74) is 0.872. The molecule has 0 aliphatic rings. The van der Waals surface area contributed by atoms with Crippen molar-refractivity contribution in [2.45, 2.75) is 13.0 Å². The third-order valence-corrected chi connectivity index (χ3v) is 3.60. The highest BCUT2D eigenvalue weighted by atomic mass is 79.9. The van der Waals surface area contributed by atoms with E-state index in [-0.39, 0.29) is 0 Å². The topological polar surface area (TPSA) is 29.5 Å². The molecule has 1 N–H and O–H groups in total. The second-order valence-electron chi connectivity index (χ2n) is 3.92. The Labute approximate surface area is 123 Å². The molecule has 0 amide bonds. The normalized spacial score (nSPS) is 12.2. The Hall–Kier alpha value is -0.840. The Bertz CT molecular complexity index is 536. The lowest BCUT2D eigenvalue weighted by Gasteiger charge is -2.09. The Kier molecular flexibility index (Phi) is 4.43. The molecule has 4 heteroatoms. The van der Waals surface area contributed by atoms with E-state index in [2.05, 4.69) is 31.9 Å². The van der Waals surface area contributed by atoms with Gasteiger partial charge in [-0.15, -0.1) is 0 Å². The minimum absolute atomic E-state index is 0.460. The molecule has 18 heavy (non-hydrogen) atoms. The summed E-state index contributed by atoms with van der Waals surface area (Å²) >= 11 is 6.84. The van der Waals surface area contributed by atoms with Gasteiger partial charge in [0.25, 0.3) is 0 Å². The van der Waals surface area contributed by atoms with Crippen LogP contribution in [-0.4, -0.2) is 5.11 Å². The van der Waals surface area contributed by atoms with Crippen molar-refractivity contribution in [2.24, 2.45) is 0 Å². The van der Waals surface area contributed by atoms with Gasteiger partial charge in [-0.2, -0.15) is 0 Å². The van der Waals surface area contributed by atoms with Crippen LogP contribution in [0.3, 0.4) is 0 Å². The highest BCUT2D eigenvalue weighted by molar-refractivity contribution is 9.11. The number of benzene rings is 2. The van der Waals surface area contributed by atoms with Crippen LogP contribution < -0.4 is 4.74 Å². The Balaban J connectivity index is 2.18. The summed E-state index contributed by atoms with van der Waals surface area (Å²) in [7, 11) is 0. The summed E-state index contributed by atoms with van der Waals surface area (Å²) < 4.78 is 7.63. The molecule has 2 aromatic carbocycles. The molecule has 0 heterocycles. The van der Waals surface area contributed by atoms with Gasteiger partial charge in [0.15, 0.2) is 0 Å². The largest absolute Gasteiger partial charge is 0.456 e. The van der Waals surface area contributed by atoms with Gasteiger partial charge in [0.1, 0.15) is 11.5 Å². The van der Waals surface area contributed by atoms with Crippen molar-refractivity contribution in [1.29, 1.82) is 0 Å². The van der Waals surface area contributed by atoms with Crippen LogP contribution in [0.25, 0.3) is 0 Å². The lowest BCUT2D eigenvalue weighted by Crippen LogP contribution is -1.91. The van der Waals surface area contributed by atoms with Gasteiger partial charge in [0.05, 0.1) is 10.6 Å². The molecule has 0 unspecified atom stereocenters. The van der Waals surface area contributed by atoms with Crippen LogP contribution in [0, 0.1) is 0 Å². The Morgan fingerprint density at radius 2 is 1.72 bits per heavy atom. The van der Waals surface area contributed by atoms with Gasteiger partial charge in [-0.1, -0.05) is 28.1 Å². The Morgan fingerprint density at radius 1 is 1.06 bits per heavy atom. The summed E-state index contributed by atoms with van der Waals surface area (Å²) in [6.07, 6.45) is -0.460. The molecular formula is C14H12Br2O2. The summed E-state index contributed by atoms with van der Waals surface area (Å²) in [6, 6.07) is 13.1. The number of aliphatic hydroxyl groups excluding tert-OH is 1. The molecule has 0 aliphatic heterocycles. The summed E-state index contributed by atoms with van der Waals surface area (Å²) in [6.45, 7) is 1.74. The number of rotatable bonds is 3. The first-order chi connectivity index (χ1) is 8.56. The number of aliphatic hydroxyl groups is 1. The first-order valence-electron chi connectivity index (χ1n) is 5.47. The molecule has 0 bridgehead atoms. The number of hydrogen-bond acceptors (Lipinski definition) is 2. The second kappa shape index (κ2) is 5.87. The van der Waals surface area contributed by atoms with Crippen molar-refractivity contribution >= 4 is 31.9 Å². The summed E-state index contributed by atoms with van der Waals surface area (Å²) in [5, 5.41) is 9.43. The molecule has 0 radical (unpaired) electrons. The van der Waals surface area contributed by atoms with Gasteiger partial charge in [-0.05, 0) is 58.7 Å². The molecule has 0 saturated heterocycles. The maximum Gasteiger partial charge on any atom is 0.141 e. The average molecular weight is 372 g/mol. The lowest BCUT2D eigenvalue weighted by molar-refractivity contribution is 0.199. The molecule has 94 valence electrons. The van der Waals surface area contributed by atoms with Crippen LogP contribution in [-0.2, 0) is 0 Å². The van der Waals surface area contributed by atoms with Crippen molar-refractivity contribution in [1.82, 2.24) is 0 Å². The standard InChI is InChI=1S/C14H12Br2O2/c1-9(17)10-2-5-12(6-3-10)18-14-7-4-11(15)8-13(14)16/h2-9,17H,1H3/t9-/m1/s1. The number of hydrogen-bond donors (Lipinski definition) is 1. The van der Waals surface area contributed by atoms with Crippen LogP contribution in [0.15, 0.2) is 51.4 Å². The highest BCUT2D eigenvalue weighted by Gasteiger charge is 2.05. The van der Waals surface area contributed by atoms with E-state index >= 15 is 0 Å². The fourth-order valence-electron chi connectivity index (χ4n) is 1.50. The van der Waals surface area contributed by atoms with E-state index in [1.54, 1.807) is 6.92 Å². The van der Waals surface area contributed by atoms with Crippen LogP contribution >= 0.6 is 31.9 Å². The zero-order valence-electron chi connectivity index (χ0n) is 9.73. The fourth-order valence-corrected chi connectivity index (χ4v) is 2.63. The van der Waals surface area contributed by atoms with E-state index in [0.29, 0.717) is 0 Å². The van der Waals surface area contributed by atoms with Crippen LogP contribution in [0.4, 0.5) is 0 Å².